The molecule has 0 aromatic rings. The second-order valence-electron chi connectivity index (χ2n) is 0. The molecule has 0 saturated carbocycles. The van der Waals surface area contributed by atoms with Gasteiger partial charge in [0.1, 0.15) is 0 Å². The molecule has 1 heteroatoms. The Kier molecular flexibility index (Phi) is 7620. The predicted octanol–water partition coefficient (Wildman–Crippen LogP) is 3.67. The summed E-state index contributed by atoms with van der Waals surface area (Å²) in [5, 5.41) is 0. The highest BCUT2D eigenvalue weighted by atomic mass is 31.0. The molecular formula is C6H25P. The van der Waals surface area contributed by atoms with Crippen LogP contribution in [0, 0.1) is 0 Å². The van der Waals surface area contributed by atoms with Crippen molar-refractivity contribution in [2.24, 2.45) is 0 Å². The van der Waals surface area contributed by atoms with Crippen molar-refractivity contribution in [1.82, 2.24) is 0 Å². The van der Waals surface area contributed by atoms with E-state index in [2.05, 4.69) is 9.24 Å². The Morgan fingerprint density at radius 2 is 1.00 bits per heavy atom. The summed E-state index contributed by atoms with van der Waals surface area (Å²) in [7, 11) is 2.25. The molecular weight excluding hydrogens is 103 g/mol. The van der Waals surface area contributed by atoms with E-state index in [1.165, 1.54) is 0 Å². The third kappa shape index (κ3) is 682. The van der Waals surface area contributed by atoms with Gasteiger partial charge in [0.25, 0.3) is 0 Å². The highest BCUT2D eigenvalue weighted by Gasteiger charge is 0.906. The summed E-state index contributed by atoms with van der Waals surface area (Å²) >= 11 is 0. The van der Waals surface area contributed by atoms with Crippen molar-refractivity contribution in [3.05, 3.63) is 0 Å². The van der Waals surface area contributed by atoms with E-state index in [9.17, 15) is 0 Å². The van der Waals surface area contributed by atoms with Crippen LogP contribution in [0.25, 0.3) is 0 Å². The van der Waals surface area contributed by atoms with E-state index in [1.807, 2.05) is 0 Å². The summed E-state index contributed by atoms with van der Waals surface area (Å²) in [5.41, 5.74) is 0. The first-order chi connectivity index (χ1) is 1.41. The van der Waals surface area contributed by atoms with Crippen molar-refractivity contribution in [2.75, 3.05) is 6.64 Å². The largest absolute Gasteiger partial charge is 0.141 e. The molecule has 0 aromatic carbocycles. The van der Waals surface area contributed by atoms with Gasteiger partial charge >= 0.3 is 0 Å². The number of hydrogen-bond donors (Lipinski definition) is 0. The van der Waals surface area contributed by atoms with E-state index in [-0.39, 0.29) is 37.1 Å². The molecule has 0 radical (unpaired) electrons. The maximum Gasteiger partial charge on any atom is 0.0274 e. The van der Waals surface area contributed by atoms with Crippen LogP contribution in [0.4, 0.5) is 0 Å². The SMILES string of the molecule is C.C.C.C.C.[3H]CP. The maximum absolute atomic E-state index is 6.17. The summed E-state index contributed by atoms with van der Waals surface area (Å²) in [6, 6.07) is 0. The summed E-state index contributed by atoms with van der Waals surface area (Å²) < 4.78 is 6.17. The lowest BCUT2D eigenvalue weighted by Crippen LogP contribution is -0.804. The van der Waals surface area contributed by atoms with Gasteiger partial charge in [-0.05, 0) is 0 Å². The molecule has 0 bridgehead atoms. The smallest absolute Gasteiger partial charge is 0.0274 e. The molecule has 7 heavy (non-hydrogen) atoms. The van der Waals surface area contributed by atoms with E-state index in [1.54, 1.807) is 0 Å². The molecule has 0 aliphatic heterocycles. The Balaban J connectivity index is -0.00000000200. The van der Waals surface area contributed by atoms with E-state index in [4.69, 9.17) is 1.37 Å². The van der Waals surface area contributed by atoms with Gasteiger partial charge in [-0.25, -0.2) is 0 Å². The lowest BCUT2D eigenvalue weighted by molar-refractivity contribution is 2.50. The van der Waals surface area contributed by atoms with Gasteiger partial charge in [-0.2, -0.15) is 0 Å². The minimum Gasteiger partial charge on any atom is -0.141 e. The summed E-state index contributed by atoms with van der Waals surface area (Å²) in [5.74, 6) is 0. The third-order valence-corrected chi connectivity index (χ3v) is 0. The van der Waals surface area contributed by atoms with E-state index < -0.39 is 0 Å². The van der Waals surface area contributed by atoms with E-state index in [0.717, 1.165) is 0 Å². The van der Waals surface area contributed by atoms with Crippen LogP contribution < -0.4 is 0 Å². The molecule has 0 fully saturated rings. The Morgan fingerprint density at radius 3 is 1.00 bits per heavy atom. The first kappa shape index (κ1) is 52.0. The minimum atomic E-state index is 0. The first-order valence-electron chi connectivity index (χ1n) is 1.12. The summed E-state index contributed by atoms with van der Waals surface area (Å²) in [6.07, 6.45) is 0. The third-order valence-electron chi connectivity index (χ3n) is 0. The van der Waals surface area contributed by atoms with Crippen LogP contribution >= 0.6 is 9.24 Å². The molecule has 0 spiro atoms. The summed E-state index contributed by atoms with van der Waals surface area (Å²) in [6.45, 7) is 0.417. The zero-order valence-corrected chi connectivity index (χ0v) is 2.44. The van der Waals surface area contributed by atoms with Crippen LogP contribution in [0.15, 0.2) is 0 Å². The Hall–Kier alpha value is 0.430. The lowest BCUT2D eigenvalue weighted by Gasteiger charge is -1.10. The molecule has 0 aromatic heterocycles. The zero-order chi connectivity index (χ0) is 2.71. The minimum absolute atomic E-state index is 0. The van der Waals surface area contributed by atoms with Crippen molar-refractivity contribution >= 4 is 9.24 Å². The maximum atomic E-state index is 6.17. The monoisotopic (exact) mass is 130 g/mol. The van der Waals surface area contributed by atoms with Gasteiger partial charge in [-0.1, -0.05) is 43.8 Å². The van der Waals surface area contributed by atoms with Crippen molar-refractivity contribution < 1.29 is 1.37 Å². The summed E-state index contributed by atoms with van der Waals surface area (Å²) in [4.78, 5) is 0. The molecule has 1 atom stereocenters. The Morgan fingerprint density at radius 1 is 1.00 bits per heavy atom. The normalized spacial score (nSPS) is 2.71. The number of hydrogen-bond acceptors (Lipinski definition) is 0. The molecule has 0 aliphatic rings. The molecule has 0 amide bonds. The van der Waals surface area contributed by atoms with Gasteiger partial charge in [0.05, 0.1) is 0 Å². The topological polar surface area (TPSA) is 0 Å². The van der Waals surface area contributed by atoms with E-state index >= 15 is 0 Å². The van der Waals surface area contributed by atoms with Gasteiger partial charge < -0.3 is 0 Å². The van der Waals surface area contributed by atoms with Crippen molar-refractivity contribution in [1.29, 1.82) is 0 Å². The number of rotatable bonds is 0. The fourth-order valence-corrected chi connectivity index (χ4v) is 0. The van der Waals surface area contributed by atoms with Crippen LogP contribution in [0.5, 0.6) is 0 Å². The average molecular weight is 130 g/mol. The molecule has 0 N–H and O–H groups in total. The fourth-order valence-electron chi connectivity index (χ4n) is 0. The van der Waals surface area contributed by atoms with Crippen LogP contribution in [0.3, 0.4) is 0 Å². The zero-order valence-electron chi connectivity index (χ0n) is 2.28. The molecule has 0 saturated heterocycles. The van der Waals surface area contributed by atoms with Gasteiger partial charge in [-0.15, -0.1) is 9.24 Å². The van der Waals surface area contributed by atoms with Gasteiger partial charge in [0.15, 0.2) is 0 Å². The molecule has 0 rings (SSSR count). The van der Waals surface area contributed by atoms with E-state index in [0.29, 0.717) is 6.64 Å². The van der Waals surface area contributed by atoms with Gasteiger partial charge in [-0.3, -0.25) is 0 Å². The fraction of sp³-hybridized carbons (Fsp3) is 1.00. The highest BCUT2D eigenvalue weighted by Crippen LogP contribution is 1.46. The lowest BCUT2D eigenvalue weighted by atomic mass is 12.0. The van der Waals surface area contributed by atoms with Crippen LogP contribution in [0.1, 0.15) is 38.5 Å². The second kappa shape index (κ2) is 1030. The Bertz CT molecular complexity index is 8.49. The molecule has 0 aliphatic carbocycles. The van der Waals surface area contributed by atoms with Gasteiger partial charge in [0, 0.05) is 1.37 Å². The van der Waals surface area contributed by atoms with Gasteiger partial charge in [0.2, 0.25) is 0 Å². The predicted molar refractivity (Wildman–Crippen MR) is 49.3 cm³/mol. The first-order valence-corrected chi connectivity index (χ1v) is 1.22. The van der Waals surface area contributed by atoms with Crippen LogP contribution in [-0.4, -0.2) is 6.64 Å². The van der Waals surface area contributed by atoms with Crippen molar-refractivity contribution in [3.8, 4) is 0 Å². The standard InChI is InChI=1S/CH5P.5CH4/c1-2;;;;;/h2H2,1H3;5*1H4/i1T;;;;;. The molecule has 0 nitrogen and oxygen atoms in total. The van der Waals surface area contributed by atoms with Crippen LogP contribution in [0.2, 0.25) is 0 Å². The second-order valence-corrected chi connectivity index (χ2v) is 0. The Labute approximate surface area is 55.3 Å². The van der Waals surface area contributed by atoms with Crippen LogP contribution in [-0.2, 0) is 0 Å². The molecule has 54 valence electrons. The van der Waals surface area contributed by atoms with Crippen molar-refractivity contribution in [3.63, 3.8) is 0 Å². The quantitative estimate of drug-likeness (QED) is 0.439. The average Bonchev–Trinajstić information content (AvgIpc) is 0.918. The molecule has 0 heterocycles. The van der Waals surface area contributed by atoms with Crippen molar-refractivity contribution in [2.45, 2.75) is 37.1 Å². The molecule has 1 unspecified atom stereocenters. The highest BCUT2D eigenvalue weighted by molar-refractivity contribution is 7.15.